The molecule has 0 aromatic heterocycles. The van der Waals surface area contributed by atoms with Crippen molar-refractivity contribution < 1.29 is 14.6 Å². The Morgan fingerprint density at radius 3 is 2.78 bits per heavy atom. The number of morpholine rings is 1. The minimum atomic E-state index is -0.907. The van der Waals surface area contributed by atoms with Crippen LogP contribution in [0.2, 0.25) is 0 Å². The third kappa shape index (κ3) is 2.95. The highest BCUT2D eigenvalue weighted by Crippen LogP contribution is 2.27. The number of nitrogens with one attached hydrogen (secondary N) is 1. The third-order valence-electron chi connectivity index (χ3n) is 2.75. The molecule has 0 bridgehead atoms. The number of hydrazine groups is 1. The first-order valence-electron chi connectivity index (χ1n) is 5.72. The highest BCUT2D eigenvalue weighted by Gasteiger charge is 2.17. The second kappa shape index (κ2) is 6.08. The number of carboxylic acids is 1. The minimum absolute atomic E-state index is 0.330. The van der Waals surface area contributed by atoms with E-state index in [1.54, 1.807) is 6.07 Å². The monoisotopic (exact) mass is 268 g/mol. The first-order valence-corrected chi connectivity index (χ1v) is 6.94. The molecule has 98 valence electrons. The van der Waals surface area contributed by atoms with E-state index in [1.165, 1.54) is 11.8 Å². The van der Waals surface area contributed by atoms with Gasteiger partial charge in [-0.25, -0.2) is 9.80 Å². The highest BCUT2D eigenvalue weighted by atomic mass is 32.2. The zero-order valence-corrected chi connectivity index (χ0v) is 11.0. The topological polar surface area (TPSA) is 61.8 Å². The number of hydrogen-bond donors (Lipinski definition) is 2. The van der Waals surface area contributed by atoms with Crippen LogP contribution in [0.15, 0.2) is 23.1 Å². The number of benzene rings is 1. The Morgan fingerprint density at radius 1 is 1.44 bits per heavy atom. The van der Waals surface area contributed by atoms with Crippen LogP contribution in [0.3, 0.4) is 0 Å². The summed E-state index contributed by atoms with van der Waals surface area (Å²) in [6.45, 7) is 2.83. The van der Waals surface area contributed by atoms with Gasteiger partial charge in [-0.2, -0.15) is 0 Å². The van der Waals surface area contributed by atoms with E-state index in [-0.39, 0.29) is 0 Å². The molecule has 0 spiro atoms. The Morgan fingerprint density at radius 2 is 2.17 bits per heavy atom. The Balaban J connectivity index is 2.23. The number of nitrogens with zero attached hydrogens (tertiary/aromatic N) is 1. The van der Waals surface area contributed by atoms with Crippen molar-refractivity contribution in [1.29, 1.82) is 0 Å². The molecular weight excluding hydrogens is 252 g/mol. The molecule has 0 radical (unpaired) electrons. The van der Waals surface area contributed by atoms with Crippen LogP contribution in [0, 0.1) is 0 Å². The maximum atomic E-state index is 11.3. The summed E-state index contributed by atoms with van der Waals surface area (Å²) in [5.74, 6) is -0.907. The van der Waals surface area contributed by atoms with Gasteiger partial charge in [0, 0.05) is 18.0 Å². The van der Waals surface area contributed by atoms with Gasteiger partial charge in [-0.3, -0.25) is 0 Å². The Labute approximate surface area is 110 Å². The molecule has 1 aliphatic rings. The molecule has 18 heavy (non-hydrogen) atoms. The summed E-state index contributed by atoms with van der Waals surface area (Å²) < 4.78 is 5.26. The molecule has 0 saturated carbocycles. The average molecular weight is 268 g/mol. The molecule has 0 amide bonds. The number of anilines is 1. The molecule has 0 unspecified atom stereocenters. The summed E-state index contributed by atoms with van der Waals surface area (Å²) in [6, 6.07) is 5.47. The lowest BCUT2D eigenvalue weighted by Crippen LogP contribution is -2.40. The van der Waals surface area contributed by atoms with Crippen LogP contribution in [0.1, 0.15) is 10.4 Å². The van der Waals surface area contributed by atoms with Gasteiger partial charge in [-0.05, 0) is 18.4 Å². The second-order valence-electron chi connectivity index (χ2n) is 3.90. The normalized spacial score (nSPS) is 16.5. The largest absolute Gasteiger partial charge is 0.478 e. The molecular formula is C12H16N2O3S. The van der Waals surface area contributed by atoms with Crippen molar-refractivity contribution >= 4 is 23.4 Å². The Bertz CT molecular complexity index is 433. The number of aromatic carboxylic acids is 1. The third-order valence-corrected chi connectivity index (χ3v) is 3.53. The summed E-state index contributed by atoms with van der Waals surface area (Å²) in [5.41, 5.74) is 4.13. The lowest BCUT2D eigenvalue weighted by Gasteiger charge is -2.28. The molecule has 0 aliphatic carbocycles. The van der Waals surface area contributed by atoms with Crippen LogP contribution in [0.4, 0.5) is 5.69 Å². The molecule has 1 fully saturated rings. The molecule has 1 saturated heterocycles. The fourth-order valence-electron chi connectivity index (χ4n) is 1.86. The van der Waals surface area contributed by atoms with Crippen molar-refractivity contribution in [3.8, 4) is 0 Å². The number of hydrogen-bond acceptors (Lipinski definition) is 5. The van der Waals surface area contributed by atoms with Gasteiger partial charge in [-0.15, -0.1) is 11.8 Å². The van der Waals surface area contributed by atoms with Crippen molar-refractivity contribution in [3.05, 3.63) is 23.8 Å². The van der Waals surface area contributed by atoms with Crippen molar-refractivity contribution in [2.24, 2.45) is 0 Å². The average Bonchev–Trinajstić information content (AvgIpc) is 2.39. The van der Waals surface area contributed by atoms with E-state index in [4.69, 9.17) is 4.74 Å². The molecule has 1 heterocycles. The summed E-state index contributed by atoms with van der Waals surface area (Å²) in [5, 5.41) is 11.3. The van der Waals surface area contributed by atoms with Gasteiger partial charge in [0.15, 0.2) is 0 Å². The van der Waals surface area contributed by atoms with Crippen LogP contribution in [0.25, 0.3) is 0 Å². The maximum absolute atomic E-state index is 11.3. The quantitative estimate of drug-likeness (QED) is 0.811. The zero-order chi connectivity index (χ0) is 13.0. The number of rotatable bonds is 4. The van der Waals surface area contributed by atoms with E-state index in [2.05, 4.69) is 5.43 Å². The standard InChI is InChI=1S/C12H16N2O3S/c1-18-10-4-2-3-9(11(10)12(15)16)13-14-5-7-17-8-6-14/h2-4,13H,5-8H2,1H3,(H,15,16). The van der Waals surface area contributed by atoms with Crippen molar-refractivity contribution in [2.75, 3.05) is 38.0 Å². The van der Waals surface area contributed by atoms with E-state index in [0.717, 1.165) is 18.0 Å². The summed E-state index contributed by atoms with van der Waals surface area (Å²) in [6.07, 6.45) is 1.88. The molecule has 5 nitrogen and oxygen atoms in total. The Hall–Kier alpha value is -1.24. The molecule has 0 atom stereocenters. The number of carbonyl (C=O) groups is 1. The molecule has 1 aromatic rings. The number of carboxylic acid groups (broad SMARTS) is 1. The van der Waals surface area contributed by atoms with E-state index in [9.17, 15) is 9.90 Å². The van der Waals surface area contributed by atoms with E-state index >= 15 is 0 Å². The van der Waals surface area contributed by atoms with E-state index < -0.39 is 5.97 Å². The van der Waals surface area contributed by atoms with Crippen LogP contribution in [-0.4, -0.2) is 48.6 Å². The van der Waals surface area contributed by atoms with Crippen molar-refractivity contribution in [3.63, 3.8) is 0 Å². The summed E-state index contributed by atoms with van der Waals surface area (Å²) >= 11 is 1.44. The van der Waals surface area contributed by atoms with Gasteiger partial charge in [0.05, 0.1) is 24.5 Å². The lowest BCUT2D eigenvalue weighted by atomic mass is 10.2. The molecule has 6 heteroatoms. The van der Waals surface area contributed by atoms with Crippen LogP contribution in [0.5, 0.6) is 0 Å². The molecule has 1 aromatic carbocycles. The van der Waals surface area contributed by atoms with Gasteiger partial charge in [0.25, 0.3) is 0 Å². The fourth-order valence-corrected chi connectivity index (χ4v) is 2.48. The predicted molar refractivity (Wildman–Crippen MR) is 71.2 cm³/mol. The van der Waals surface area contributed by atoms with Gasteiger partial charge in [0.2, 0.25) is 0 Å². The smallest absolute Gasteiger partial charge is 0.339 e. The van der Waals surface area contributed by atoms with Gasteiger partial charge < -0.3 is 15.3 Å². The fraction of sp³-hybridized carbons (Fsp3) is 0.417. The molecule has 1 aliphatic heterocycles. The van der Waals surface area contributed by atoms with Crippen LogP contribution >= 0.6 is 11.8 Å². The summed E-state index contributed by atoms with van der Waals surface area (Å²) in [7, 11) is 0. The SMILES string of the molecule is CSc1cccc(NN2CCOCC2)c1C(=O)O. The first kappa shape index (κ1) is 13.2. The van der Waals surface area contributed by atoms with Crippen molar-refractivity contribution in [1.82, 2.24) is 5.01 Å². The van der Waals surface area contributed by atoms with E-state index in [1.807, 2.05) is 23.4 Å². The predicted octanol–water partition coefficient (Wildman–Crippen LogP) is 1.77. The molecule has 2 N–H and O–H groups in total. The van der Waals surface area contributed by atoms with Crippen LogP contribution in [-0.2, 0) is 4.74 Å². The lowest BCUT2D eigenvalue weighted by molar-refractivity contribution is 0.0495. The maximum Gasteiger partial charge on any atom is 0.339 e. The van der Waals surface area contributed by atoms with Crippen molar-refractivity contribution in [2.45, 2.75) is 4.90 Å². The minimum Gasteiger partial charge on any atom is -0.478 e. The second-order valence-corrected chi connectivity index (χ2v) is 4.75. The zero-order valence-electron chi connectivity index (χ0n) is 10.2. The number of thioether (sulfide) groups is 1. The molecule has 2 rings (SSSR count). The van der Waals surface area contributed by atoms with Gasteiger partial charge in [-0.1, -0.05) is 6.07 Å². The van der Waals surface area contributed by atoms with E-state index in [0.29, 0.717) is 24.5 Å². The Kier molecular flexibility index (Phi) is 4.46. The number of ether oxygens (including phenoxy) is 1. The highest BCUT2D eigenvalue weighted by molar-refractivity contribution is 7.98. The summed E-state index contributed by atoms with van der Waals surface area (Å²) in [4.78, 5) is 12.1. The van der Waals surface area contributed by atoms with Gasteiger partial charge >= 0.3 is 5.97 Å². The van der Waals surface area contributed by atoms with Gasteiger partial charge in [0.1, 0.15) is 0 Å². The van der Waals surface area contributed by atoms with Crippen LogP contribution < -0.4 is 5.43 Å². The first-order chi connectivity index (χ1) is 8.72.